The normalized spacial score (nSPS) is 10.5. The summed E-state index contributed by atoms with van der Waals surface area (Å²) in [4.78, 5) is 12.8. The summed E-state index contributed by atoms with van der Waals surface area (Å²) < 4.78 is 1.83. The van der Waals surface area contributed by atoms with Crippen LogP contribution in [0.25, 0.3) is 0 Å². The number of rotatable bonds is 3. The van der Waals surface area contributed by atoms with E-state index >= 15 is 0 Å². The van der Waals surface area contributed by atoms with E-state index < -0.39 is 0 Å². The van der Waals surface area contributed by atoms with Crippen LogP contribution in [0.1, 0.15) is 27.7 Å². The lowest BCUT2D eigenvalue weighted by atomic mass is 10.1. The summed E-state index contributed by atoms with van der Waals surface area (Å²) in [5.41, 5.74) is 3.35. The second-order valence-electron chi connectivity index (χ2n) is 4.18. The number of thiophene rings is 1. The number of anilines is 1. The van der Waals surface area contributed by atoms with E-state index in [2.05, 4.69) is 51.0 Å². The van der Waals surface area contributed by atoms with Gasteiger partial charge in [-0.1, -0.05) is 13.0 Å². The Morgan fingerprint density at radius 2 is 2.05 bits per heavy atom. The summed E-state index contributed by atoms with van der Waals surface area (Å²) in [6.45, 7) is 4.19. The molecule has 2 aromatic rings. The Kier molecular flexibility index (Phi) is 4.81. The molecule has 5 heteroatoms. The van der Waals surface area contributed by atoms with Crippen molar-refractivity contribution >= 4 is 54.8 Å². The van der Waals surface area contributed by atoms with Gasteiger partial charge in [0.15, 0.2) is 0 Å². The smallest absolute Gasteiger partial charge is 0.265 e. The van der Waals surface area contributed by atoms with Gasteiger partial charge in [0.25, 0.3) is 5.91 Å². The summed E-state index contributed by atoms with van der Waals surface area (Å²) >= 11 is 8.19. The first kappa shape index (κ1) is 14.8. The van der Waals surface area contributed by atoms with Crippen LogP contribution in [0.3, 0.4) is 0 Å². The van der Waals surface area contributed by atoms with Crippen molar-refractivity contribution in [2.24, 2.45) is 0 Å². The van der Waals surface area contributed by atoms with Gasteiger partial charge in [-0.05, 0) is 74.5 Å². The molecule has 1 aromatic carbocycles. The lowest BCUT2D eigenvalue weighted by molar-refractivity contribution is 0.103. The molecule has 0 aliphatic carbocycles. The van der Waals surface area contributed by atoms with Gasteiger partial charge in [0.2, 0.25) is 0 Å². The second kappa shape index (κ2) is 6.20. The van der Waals surface area contributed by atoms with Crippen LogP contribution in [0.5, 0.6) is 0 Å². The molecule has 1 amide bonds. The zero-order valence-corrected chi connectivity index (χ0v) is 14.6. The summed E-state index contributed by atoms with van der Waals surface area (Å²) in [5.74, 6) is -0.0812. The highest BCUT2D eigenvalue weighted by Crippen LogP contribution is 2.32. The molecule has 0 aliphatic heterocycles. The summed E-state index contributed by atoms with van der Waals surface area (Å²) in [6, 6.07) is 7.82. The van der Waals surface area contributed by atoms with Crippen molar-refractivity contribution in [3.63, 3.8) is 0 Å². The Labute approximate surface area is 133 Å². The lowest BCUT2D eigenvalue weighted by Crippen LogP contribution is -2.10. The van der Waals surface area contributed by atoms with Gasteiger partial charge in [-0.15, -0.1) is 11.3 Å². The van der Waals surface area contributed by atoms with Crippen LogP contribution in [-0.2, 0) is 6.42 Å². The largest absolute Gasteiger partial charge is 0.321 e. The number of benzene rings is 1. The molecule has 0 saturated carbocycles. The number of carbonyl (C=O) groups is 1. The monoisotopic (exact) mass is 401 g/mol. The maximum absolute atomic E-state index is 12.1. The molecule has 1 heterocycles. The number of hydrogen-bond acceptors (Lipinski definition) is 2. The van der Waals surface area contributed by atoms with E-state index in [0.29, 0.717) is 4.88 Å². The lowest BCUT2D eigenvalue weighted by Gasteiger charge is -2.08. The Balaban J connectivity index is 2.19. The van der Waals surface area contributed by atoms with Crippen LogP contribution in [0.4, 0.5) is 5.69 Å². The van der Waals surface area contributed by atoms with Crippen LogP contribution in [-0.4, -0.2) is 5.91 Å². The molecular formula is C14H13Br2NOS. The third-order valence-electron chi connectivity index (χ3n) is 2.86. The highest BCUT2D eigenvalue weighted by Gasteiger charge is 2.12. The van der Waals surface area contributed by atoms with E-state index in [0.717, 1.165) is 20.4 Å². The SMILES string of the molecule is CCc1cc(NC(=O)c2cc(Br)c(Br)s2)ccc1C. The third-order valence-corrected chi connectivity index (χ3v) is 6.11. The van der Waals surface area contributed by atoms with Crippen molar-refractivity contribution in [3.05, 3.63) is 48.5 Å². The van der Waals surface area contributed by atoms with Crippen molar-refractivity contribution < 1.29 is 4.79 Å². The Morgan fingerprint density at radius 3 is 2.63 bits per heavy atom. The number of hydrogen-bond donors (Lipinski definition) is 1. The molecule has 0 unspecified atom stereocenters. The average molecular weight is 403 g/mol. The molecule has 0 spiro atoms. The molecule has 100 valence electrons. The first-order valence-corrected chi connectivity index (χ1v) is 8.27. The molecule has 0 fully saturated rings. The molecule has 2 nitrogen and oxygen atoms in total. The highest BCUT2D eigenvalue weighted by molar-refractivity contribution is 9.13. The van der Waals surface area contributed by atoms with E-state index in [1.54, 1.807) is 0 Å². The van der Waals surface area contributed by atoms with E-state index in [-0.39, 0.29) is 5.91 Å². The predicted octanol–water partition coefficient (Wildman–Crippen LogP) is 5.40. The van der Waals surface area contributed by atoms with Gasteiger partial charge >= 0.3 is 0 Å². The van der Waals surface area contributed by atoms with Crippen molar-refractivity contribution in [1.29, 1.82) is 0 Å². The van der Waals surface area contributed by atoms with E-state index in [1.807, 2.05) is 24.3 Å². The van der Waals surface area contributed by atoms with E-state index in [4.69, 9.17) is 0 Å². The molecule has 1 N–H and O–H groups in total. The van der Waals surface area contributed by atoms with Crippen LogP contribution >= 0.6 is 43.2 Å². The predicted molar refractivity (Wildman–Crippen MR) is 88.2 cm³/mol. The van der Waals surface area contributed by atoms with Gasteiger partial charge < -0.3 is 5.32 Å². The van der Waals surface area contributed by atoms with Crippen LogP contribution < -0.4 is 5.32 Å². The Morgan fingerprint density at radius 1 is 1.32 bits per heavy atom. The number of aryl methyl sites for hydroxylation is 2. The molecule has 2 rings (SSSR count). The van der Waals surface area contributed by atoms with E-state index in [1.165, 1.54) is 22.5 Å². The van der Waals surface area contributed by atoms with Crippen LogP contribution in [0.15, 0.2) is 32.5 Å². The molecular weight excluding hydrogens is 390 g/mol. The van der Waals surface area contributed by atoms with Gasteiger partial charge in [0, 0.05) is 10.2 Å². The maximum atomic E-state index is 12.1. The topological polar surface area (TPSA) is 29.1 Å². The van der Waals surface area contributed by atoms with E-state index in [9.17, 15) is 4.79 Å². The average Bonchev–Trinajstić information content (AvgIpc) is 2.72. The van der Waals surface area contributed by atoms with Crippen LogP contribution in [0.2, 0.25) is 0 Å². The highest BCUT2D eigenvalue weighted by atomic mass is 79.9. The number of halogens is 2. The molecule has 0 saturated heterocycles. The van der Waals surface area contributed by atoms with Crippen molar-refractivity contribution in [3.8, 4) is 0 Å². The van der Waals surface area contributed by atoms with Crippen molar-refractivity contribution in [2.75, 3.05) is 5.32 Å². The zero-order chi connectivity index (χ0) is 14.0. The summed E-state index contributed by atoms with van der Waals surface area (Å²) in [7, 11) is 0. The van der Waals surface area contributed by atoms with Gasteiger partial charge in [-0.3, -0.25) is 4.79 Å². The fourth-order valence-corrected chi connectivity index (χ4v) is 3.71. The first-order chi connectivity index (χ1) is 9.01. The first-order valence-electron chi connectivity index (χ1n) is 5.87. The minimum absolute atomic E-state index is 0.0812. The van der Waals surface area contributed by atoms with Crippen molar-refractivity contribution in [2.45, 2.75) is 20.3 Å². The van der Waals surface area contributed by atoms with Gasteiger partial charge in [0.05, 0.1) is 8.66 Å². The molecule has 1 aromatic heterocycles. The molecule has 0 bridgehead atoms. The summed E-state index contributed by atoms with van der Waals surface area (Å²) in [5, 5.41) is 2.93. The molecule has 0 radical (unpaired) electrons. The molecule has 0 aliphatic rings. The Bertz CT molecular complexity index is 602. The maximum Gasteiger partial charge on any atom is 0.265 e. The summed E-state index contributed by atoms with van der Waals surface area (Å²) in [6.07, 6.45) is 0.964. The minimum atomic E-state index is -0.0812. The molecule has 19 heavy (non-hydrogen) atoms. The minimum Gasteiger partial charge on any atom is -0.321 e. The fraction of sp³-hybridized carbons (Fsp3) is 0.214. The number of carbonyl (C=O) groups excluding carboxylic acids is 1. The quantitative estimate of drug-likeness (QED) is 0.731. The number of nitrogens with one attached hydrogen (secondary N) is 1. The van der Waals surface area contributed by atoms with Gasteiger partial charge in [0.1, 0.15) is 0 Å². The fourth-order valence-electron chi connectivity index (χ4n) is 1.78. The number of amides is 1. The van der Waals surface area contributed by atoms with Gasteiger partial charge in [-0.2, -0.15) is 0 Å². The van der Waals surface area contributed by atoms with Gasteiger partial charge in [-0.25, -0.2) is 0 Å². The Hall–Kier alpha value is -0.650. The van der Waals surface area contributed by atoms with Crippen LogP contribution in [0, 0.1) is 6.92 Å². The third kappa shape index (κ3) is 3.46. The molecule has 0 atom stereocenters. The standard InChI is InChI=1S/C14H13Br2NOS/c1-3-9-6-10(5-4-8(9)2)17-14(18)12-7-11(15)13(16)19-12/h4-7H,3H2,1-2H3,(H,17,18). The second-order valence-corrected chi connectivity index (χ2v) is 7.41. The zero-order valence-electron chi connectivity index (χ0n) is 10.6. The van der Waals surface area contributed by atoms with Crippen molar-refractivity contribution in [1.82, 2.24) is 0 Å².